The van der Waals surface area contributed by atoms with Crippen LogP contribution in [0.5, 0.6) is 5.75 Å². The van der Waals surface area contributed by atoms with Crippen molar-refractivity contribution in [1.82, 2.24) is 14.2 Å². The van der Waals surface area contributed by atoms with E-state index in [4.69, 9.17) is 20.8 Å². The monoisotopic (exact) mass is 578 g/mol. The van der Waals surface area contributed by atoms with E-state index < -0.39 is 21.8 Å². The summed E-state index contributed by atoms with van der Waals surface area (Å²) in [4.78, 5) is 23.5. The van der Waals surface area contributed by atoms with Gasteiger partial charge >= 0.3 is 217 Å². The van der Waals surface area contributed by atoms with E-state index in [1.54, 1.807) is 43.4 Å². The SMILES string of the molecule is CN1C(=O)C(c2cccc(OS(=O)(=O)N(C)C)c2)(c2cccc(-c3cc(Cl)cnc3F)c2)N=C1[AsH2]. The zero-order valence-electron chi connectivity index (χ0n) is 18.9. The van der Waals surface area contributed by atoms with Crippen LogP contribution in [-0.2, 0) is 20.6 Å². The Bertz CT molecular complexity index is 1470. The van der Waals surface area contributed by atoms with Crippen molar-refractivity contribution in [2.45, 2.75) is 5.54 Å². The van der Waals surface area contributed by atoms with E-state index in [2.05, 4.69) is 4.98 Å². The van der Waals surface area contributed by atoms with Crippen molar-refractivity contribution in [3.8, 4) is 16.9 Å². The number of benzene rings is 2. The van der Waals surface area contributed by atoms with Gasteiger partial charge < -0.3 is 0 Å². The summed E-state index contributed by atoms with van der Waals surface area (Å²) >= 11 is 7.19. The van der Waals surface area contributed by atoms with Gasteiger partial charge in [-0.15, -0.1) is 0 Å². The summed E-state index contributed by atoms with van der Waals surface area (Å²) in [5.74, 6) is -1.02. The molecule has 2 atom stereocenters. The predicted octanol–water partition coefficient (Wildman–Crippen LogP) is 2.43. The molecule has 0 spiro atoms. The summed E-state index contributed by atoms with van der Waals surface area (Å²) in [6.07, 6.45) is 1.21. The zero-order valence-corrected chi connectivity index (χ0v) is 22.9. The second-order valence-corrected chi connectivity index (χ2v) is 11.2. The van der Waals surface area contributed by atoms with Crippen LogP contribution in [0.25, 0.3) is 11.1 Å². The Morgan fingerprint density at radius 2 is 1.77 bits per heavy atom. The normalized spacial score (nSPS) is 18.2. The number of aliphatic imine (C=N–C) groups is 1. The van der Waals surface area contributed by atoms with Gasteiger partial charge in [-0.3, -0.25) is 0 Å². The average molecular weight is 579 g/mol. The van der Waals surface area contributed by atoms with Crippen molar-refractivity contribution >= 4 is 49.3 Å². The molecule has 2 heterocycles. The van der Waals surface area contributed by atoms with E-state index in [-0.39, 0.29) is 22.2 Å². The fourth-order valence-electron chi connectivity index (χ4n) is 3.69. The van der Waals surface area contributed by atoms with Gasteiger partial charge in [-0.2, -0.15) is 0 Å². The number of nitrogens with zero attached hydrogens (tertiary/aromatic N) is 4. The van der Waals surface area contributed by atoms with Crippen LogP contribution in [0.15, 0.2) is 65.8 Å². The minimum atomic E-state index is -4.02. The zero-order chi connectivity index (χ0) is 25.5. The van der Waals surface area contributed by atoms with Crippen LogP contribution in [-0.4, -0.2) is 71.1 Å². The quantitative estimate of drug-likeness (QED) is 0.331. The molecule has 4 rings (SSSR count). The number of halogens is 2. The van der Waals surface area contributed by atoms with E-state index in [0.29, 0.717) is 21.3 Å². The van der Waals surface area contributed by atoms with Gasteiger partial charge in [0.05, 0.1) is 0 Å². The predicted molar refractivity (Wildman–Crippen MR) is 134 cm³/mol. The number of hydrogen-bond donors (Lipinski definition) is 0. The Hall–Kier alpha value is -2.78. The Balaban J connectivity index is 1.91. The van der Waals surface area contributed by atoms with Crippen LogP contribution in [0.1, 0.15) is 11.1 Å². The van der Waals surface area contributed by atoms with E-state index >= 15 is 0 Å². The molecule has 182 valence electrons. The van der Waals surface area contributed by atoms with Crippen molar-refractivity contribution in [3.05, 3.63) is 82.9 Å². The third-order valence-electron chi connectivity index (χ3n) is 5.54. The van der Waals surface area contributed by atoms with Crippen LogP contribution in [0, 0.1) is 5.95 Å². The van der Waals surface area contributed by atoms with Crippen LogP contribution in [0.3, 0.4) is 0 Å². The molecular formula is C23H21AsClFN4O4S. The number of carbonyl (C=O) groups excluding carboxylic acids is 1. The van der Waals surface area contributed by atoms with Crippen molar-refractivity contribution in [2.24, 2.45) is 4.99 Å². The van der Waals surface area contributed by atoms with Gasteiger partial charge in [-0.1, -0.05) is 0 Å². The summed E-state index contributed by atoms with van der Waals surface area (Å²) in [7, 11) is 0.295. The van der Waals surface area contributed by atoms with Gasteiger partial charge in [-0.05, 0) is 0 Å². The van der Waals surface area contributed by atoms with Gasteiger partial charge in [0.15, 0.2) is 0 Å². The van der Waals surface area contributed by atoms with Crippen LogP contribution < -0.4 is 4.18 Å². The van der Waals surface area contributed by atoms with Gasteiger partial charge in [-0.25, -0.2) is 0 Å². The van der Waals surface area contributed by atoms with Crippen LogP contribution in [0.2, 0.25) is 5.02 Å². The number of hydrogen-bond acceptors (Lipinski definition) is 6. The molecule has 12 heteroatoms. The number of carbonyl (C=O) groups is 1. The molecule has 2 aromatic carbocycles. The summed E-state index contributed by atoms with van der Waals surface area (Å²) in [5, 5.41) is 0.265. The van der Waals surface area contributed by atoms with Crippen molar-refractivity contribution in [3.63, 3.8) is 0 Å². The number of rotatable bonds is 6. The third kappa shape index (κ3) is 4.59. The van der Waals surface area contributed by atoms with Crippen LogP contribution >= 0.6 is 11.6 Å². The van der Waals surface area contributed by atoms with Crippen LogP contribution in [0.4, 0.5) is 4.39 Å². The molecule has 3 aromatic rings. The first-order chi connectivity index (χ1) is 16.5. The first kappa shape index (κ1) is 25.3. The van der Waals surface area contributed by atoms with Crippen molar-refractivity contribution in [2.75, 3.05) is 21.1 Å². The fraction of sp³-hybridized carbons (Fsp3) is 0.174. The maximum atomic E-state index is 14.5. The molecule has 0 N–H and O–H groups in total. The molecule has 0 bridgehead atoms. The van der Waals surface area contributed by atoms with E-state index in [1.165, 1.54) is 43.4 Å². The number of likely N-dealkylation sites (N-methyl/N-ethyl adjacent to an activating group) is 1. The second kappa shape index (κ2) is 9.35. The fourth-order valence-corrected chi connectivity index (χ4v) is 5.00. The molecule has 1 aliphatic rings. The Morgan fingerprint density at radius 1 is 1.11 bits per heavy atom. The Kier molecular flexibility index (Phi) is 6.76. The molecular weight excluding hydrogens is 558 g/mol. The number of amides is 1. The van der Waals surface area contributed by atoms with Gasteiger partial charge in [0, 0.05) is 0 Å². The number of aromatic nitrogens is 1. The second-order valence-electron chi connectivity index (χ2n) is 7.97. The van der Waals surface area contributed by atoms with E-state index in [1.807, 2.05) is 0 Å². The maximum absolute atomic E-state index is 14.5. The molecule has 0 fully saturated rings. The van der Waals surface area contributed by atoms with Gasteiger partial charge in [0.1, 0.15) is 0 Å². The number of amidine groups is 1. The molecule has 1 aliphatic heterocycles. The van der Waals surface area contributed by atoms with Gasteiger partial charge in [0.2, 0.25) is 0 Å². The molecule has 0 radical (unpaired) electrons. The molecule has 0 saturated heterocycles. The molecule has 8 nitrogen and oxygen atoms in total. The van der Waals surface area contributed by atoms with Gasteiger partial charge in [0.25, 0.3) is 0 Å². The first-order valence-electron chi connectivity index (χ1n) is 10.2. The average Bonchev–Trinajstić information content (AvgIpc) is 3.05. The Labute approximate surface area is 216 Å². The minimum absolute atomic E-state index is 0.0255. The summed E-state index contributed by atoms with van der Waals surface area (Å²) in [6, 6.07) is 14.4. The number of pyridine rings is 1. The topological polar surface area (TPSA) is 92.2 Å². The summed E-state index contributed by atoms with van der Waals surface area (Å²) < 4.78 is 45.7. The Morgan fingerprint density at radius 3 is 2.40 bits per heavy atom. The summed E-state index contributed by atoms with van der Waals surface area (Å²) in [6.45, 7) is 0. The van der Waals surface area contributed by atoms with Crippen molar-refractivity contribution in [1.29, 1.82) is 0 Å². The molecule has 2 unspecified atom stereocenters. The molecule has 1 amide bonds. The van der Waals surface area contributed by atoms with Crippen molar-refractivity contribution < 1.29 is 21.8 Å². The van der Waals surface area contributed by atoms with E-state index in [9.17, 15) is 17.6 Å². The molecule has 0 aliphatic carbocycles. The molecule has 0 saturated carbocycles. The molecule has 1 aromatic heterocycles. The standard InChI is InChI=1S/C23H21AsClFN4O4S/c1-29(2)35(32,33)34-18-9-5-8-16(11-18)23(21(31)30(3)22(24)28-23)15-7-4-6-14(10-15)19-12-17(25)13-27-20(19)26/h4-13H,24H2,1-3H3. The summed E-state index contributed by atoms with van der Waals surface area (Å²) in [5.41, 5.74) is -0.0350. The first-order valence-corrected chi connectivity index (χ1v) is 13.2. The molecule has 35 heavy (non-hydrogen) atoms. The van der Waals surface area contributed by atoms with E-state index in [0.717, 1.165) is 21.2 Å². The third-order valence-corrected chi connectivity index (χ3v) is 8.13.